The maximum atomic E-state index is 14.6. The highest BCUT2D eigenvalue weighted by atomic mass is 32.2. The standard InChI is InChI=1S/C32H43N3O4S/c1-3-19-33(23-13-7-5-8-14-23)29(37)26-25-17-18-32(40-25)27(26)30(38)35(21-11-12-22-36)28(32)31(39)34(20-4-2)24-15-9-6-10-16-24/h3-5,7-8,13-14,24-28,36H,1-2,6,9-12,15-22H2/t25-,26+,27+,28?,32?/m1/s1. The van der Waals surface area contributed by atoms with Gasteiger partial charge in [-0.2, -0.15) is 0 Å². The second-order valence-corrected chi connectivity index (χ2v) is 13.3. The molecule has 5 rings (SSSR count). The number of likely N-dealkylation sites (tertiary alicyclic amines) is 1. The topological polar surface area (TPSA) is 81.2 Å². The minimum Gasteiger partial charge on any atom is -0.396 e. The van der Waals surface area contributed by atoms with Crippen molar-refractivity contribution in [3.05, 3.63) is 55.6 Å². The number of unbranched alkanes of at least 4 members (excludes halogenated alkanes) is 1. The van der Waals surface area contributed by atoms with Gasteiger partial charge < -0.3 is 19.8 Å². The third-order valence-corrected chi connectivity index (χ3v) is 11.3. The van der Waals surface area contributed by atoms with Crippen molar-refractivity contribution >= 4 is 35.2 Å². The Hall–Kier alpha value is -2.58. The number of carbonyl (C=O) groups is 3. The van der Waals surface area contributed by atoms with E-state index in [-0.39, 0.29) is 35.6 Å². The Morgan fingerprint density at radius 2 is 1.75 bits per heavy atom. The number of fused-ring (bicyclic) bond motifs is 1. The van der Waals surface area contributed by atoms with Gasteiger partial charge in [-0.15, -0.1) is 24.9 Å². The van der Waals surface area contributed by atoms with E-state index in [9.17, 15) is 19.5 Å². The average Bonchev–Trinajstić information content (AvgIpc) is 3.62. The summed E-state index contributed by atoms with van der Waals surface area (Å²) in [5.41, 5.74) is 0.793. The predicted octanol–water partition coefficient (Wildman–Crippen LogP) is 4.42. The second kappa shape index (κ2) is 12.5. The lowest BCUT2D eigenvalue weighted by molar-refractivity contribution is -0.144. The van der Waals surface area contributed by atoms with Gasteiger partial charge in [0.05, 0.1) is 16.6 Å². The van der Waals surface area contributed by atoms with E-state index >= 15 is 0 Å². The summed E-state index contributed by atoms with van der Waals surface area (Å²) in [6.45, 7) is 9.12. The van der Waals surface area contributed by atoms with Gasteiger partial charge in [0.25, 0.3) is 0 Å². The number of nitrogens with zero attached hydrogens (tertiary/aromatic N) is 3. The van der Waals surface area contributed by atoms with Gasteiger partial charge in [-0.3, -0.25) is 14.4 Å². The van der Waals surface area contributed by atoms with E-state index in [1.807, 2.05) is 35.2 Å². The van der Waals surface area contributed by atoms with E-state index in [1.54, 1.807) is 33.7 Å². The molecular weight excluding hydrogens is 522 g/mol. The molecule has 40 heavy (non-hydrogen) atoms. The van der Waals surface area contributed by atoms with Crippen LogP contribution in [-0.4, -0.2) is 80.9 Å². The minimum atomic E-state index is -0.608. The smallest absolute Gasteiger partial charge is 0.247 e. The molecule has 3 saturated heterocycles. The zero-order valence-electron chi connectivity index (χ0n) is 23.5. The molecule has 0 aromatic heterocycles. The number of para-hydroxylation sites is 1. The molecule has 5 atom stereocenters. The molecule has 3 amide bonds. The fraction of sp³-hybridized carbons (Fsp3) is 0.594. The maximum Gasteiger partial charge on any atom is 0.247 e. The molecule has 0 radical (unpaired) electrons. The molecule has 2 unspecified atom stereocenters. The van der Waals surface area contributed by atoms with Crippen LogP contribution in [0.25, 0.3) is 0 Å². The molecular formula is C32H43N3O4S. The summed E-state index contributed by atoms with van der Waals surface area (Å²) in [6, 6.07) is 9.14. The van der Waals surface area contributed by atoms with Gasteiger partial charge in [0, 0.05) is 43.2 Å². The van der Waals surface area contributed by atoms with Crippen LogP contribution in [0.4, 0.5) is 5.69 Å². The monoisotopic (exact) mass is 565 g/mol. The van der Waals surface area contributed by atoms with Crippen LogP contribution in [-0.2, 0) is 14.4 Å². The lowest BCUT2D eigenvalue weighted by atomic mass is 9.70. The van der Waals surface area contributed by atoms with Gasteiger partial charge >= 0.3 is 0 Å². The van der Waals surface area contributed by atoms with Crippen LogP contribution in [0.2, 0.25) is 0 Å². The van der Waals surface area contributed by atoms with Crippen molar-refractivity contribution in [1.29, 1.82) is 0 Å². The molecule has 3 heterocycles. The van der Waals surface area contributed by atoms with Crippen molar-refractivity contribution in [1.82, 2.24) is 9.80 Å². The highest BCUT2D eigenvalue weighted by Crippen LogP contribution is 2.67. The third kappa shape index (κ3) is 5.02. The van der Waals surface area contributed by atoms with Gasteiger partial charge in [0.15, 0.2) is 0 Å². The normalized spacial score (nSPS) is 29.3. The van der Waals surface area contributed by atoms with Crippen molar-refractivity contribution in [2.75, 3.05) is 31.1 Å². The lowest BCUT2D eigenvalue weighted by Gasteiger charge is -2.41. The molecule has 1 aliphatic carbocycles. The summed E-state index contributed by atoms with van der Waals surface area (Å²) in [5.74, 6) is -1.12. The van der Waals surface area contributed by atoms with Gasteiger partial charge in [0.2, 0.25) is 17.7 Å². The summed E-state index contributed by atoms with van der Waals surface area (Å²) >= 11 is 1.72. The summed E-state index contributed by atoms with van der Waals surface area (Å²) in [6.07, 6.45) is 11.7. The van der Waals surface area contributed by atoms with E-state index in [4.69, 9.17) is 0 Å². The largest absolute Gasteiger partial charge is 0.396 e. The van der Waals surface area contributed by atoms with Crippen LogP contribution < -0.4 is 4.90 Å². The Balaban J connectivity index is 1.51. The number of benzene rings is 1. The molecule has 1 aromatic rings. The number of rotatable bonds is 12. The summed E-state index contributed by atoms with van der Waals surface area (Å²) in [5, 5.41) is 9.47. The summed E-state index contributed by atoms with van der Waals surface area (Å²) < 4.78 is -0.608. The van der Waals surface area contributed by atoms with Gasteiger partial charge in [-0.1, -0.05) is 49.6 Å². The van der Waals surface area contributed by atoms with E-state index in [2.05, 4.69) is 13.2 Å². The molecule has 2 bridgehead atoms. The zero-order chi connectivity index (χ0) is 28.3. The quantitative estimate of drug-likeness (QED) is 0.300. The number of aliphatic hydroxyl groups excluding tert-OH is 1. The molecule has 1 saturated carbocycles. The Morgan fingerprint density at radius 3 is 2.42 bits per heavy atom. The van der Waals surface area contributed by atoms with Crippen LogP contribution in [0.5, 0.6) is 0 Å². The lowest BCUT2D eigenvalue weighted by Crippen LogP contribution is -2.57. The van der Waals surface area contributed by atoms with Crippen molar-refractivity contribution in [2.45, 2.75) is 79.9 Å². The molecule has 216 valence electrons. The number of thioether (sulfide) groups is 1. The second-order valence-electron chi connectivity index (χ2n) is 11.7. The molecule has 4 fully saturated rings. The Labute approximate surface area is 242 Å². The molecule has 1 N–H and O–H groups in total. The SMILES string of the molecule is C=CCN(C(=O)[C@@H]1[C@H]2C(=O)N(CCCCO)C(C(=O)N(CC=C)C3CCCCC3)C23CC[C@H]1S3)c1ccccc1. The minimum absolute atomic E-state index is 0.00917. The predicted molar refractivity (Wildman–Crippen MR) is 160 cm³/mol. The Bertz CT molecular complexity index is 1110. The van der Waals surface area contributed by atoms with Crippen LogP contribution >= 0.6 is 11.8 Å². The van der Waals surface area contributed by atoms with Crippen molar-refractivity contribution in [3.63, 3.8) is 0 Å². The molecule has 1 spiro atoms. The van der Waals surface area contributed by atoms with Crippen LogP contribution in [0, 0.1) is 11.8 Å². The molecule has 3 aliphatic heterocycles. The first-order chi connectivity index (χ1) is 19.5. The van der Waals surface area contributed by atoms with Crippen LogP contribution in [0.15, 0.2) is 55.6 Å². The van der Waals surface area contributed by atoms with E-state index in [1.165, 1.54) is 6.42 Å². The van der Waals surface area contributed by atoms with E-state index in [0.29, 0.717) is 32.5 Å². The third-order valence-electron chi connectivity index (χ3n) is 9.40. The molecule has 1 aromatic carbocycles. The number of carbonyl (C=O) groups excluding carboxylic acids is 3. The van der Waals surface area contributed by atoms with Crippen LogP contribution in [0.3, 0.4) is 0 Å². The zero-order valence-corrected chi connectivity index (χ0v) is 24.3. The van der Waals surface area contributed by atoms with Crippen LogP contribution in [0.1, 0.15) is 57.8 Å². The van der Waals surface area contributed by atoms with Gasteiger partial charge in [-0.25, -0.2) is 0 Å². The molecule has 8 heteroatoms. The van der Waals surface area contributed by atoms with E-state index < -0.39 is 22.6 Å². The Kier molecular flexibility index (Phi) is 9.05. The highest BCUT2D eigenvalue weighted by Gasteiger charge is 2.74. The van der Waals surface area contributed by atoms with Crippen molar-refractivity contribution in [2.24, 2.45) is 11.8 Å². The van der Waals surface area contributed by atoms with E-state index in [0.717, 1.165) is 44.2 Å². The number of hydrogen-bond donors (Lipinski definition) is 1. The fourth-order valence-corrected chi connectivity index (χ4v) is 9.90. The average molecular weight is 566 g/mol. The summed E-state index contributed by atoms with van der Waals surface area (Å²) in [4.78, 5) is 48.7. The first kappa shape index (κ1) is 28.9. The van der Waals surface area contributed by atoms with Gasteiger partial charge in [-0.05, 0) is 50.7 Å². The Morgan fingerprint density at radius 1 is 1.02 bits per heavy atom. The summed E-state index contributed by atoms with van der Waals surface area (Å²) in [7, 11) is 0. The first-order valence-corrected chi connectivity index (χ1v) is 15.8. The van der Waals surface area contributed by atoms with Crippen molar-refractivity contribution < 1.29 is 19.5 Å². The van der Waals surface area contributed by atoms with Gasteiger partial charge in [0.1, 0.15) is 6.04 Å². The number of amides is 3. The van der Waals surface area contributed by atoms with Crippen molar-refractivity contribution in [3.8, 4) is 0 Å². The number of anilines is 1. The molecule has 4 aliphatic rings. The highest BCUT2D eigenvalue weighted by molar-refractivity contribution is 8.02. The molecule has 7 nitrogen and oxygen atoms in total. The fourth-order valence-electron chi connectivity index (χ4n) is 7.70. The number of aliphatic hydroxyl groups is 1. The first-order valence-electron chi connectivity index (χ1n) is 15.0. The number of hydrogen-bond acceptors (Lipinski definition) is 5. The maximum absolute atomic E-state index is 14.6.